The third-order valence-corrected chi connectivity index (χ3v) is 4.77. The molecular weight excluding hydrogens is 216 g/mol. The first-order chi connectivity index (χ1) is 7.70. The molecule has 0 amide bonds. The minimum atomic E-state index is -0.135. The van der Waals surface area contributed by atoms with E-state index >= 15 is 0 Å². The van der Waals surface area contributed by atoms with Crippen LogP contribution in [-0.4, -0.2) is 16.5 Å². The molecule has 1 heterocycles. The van der Waals surface area contributed by atoms with E-state index in [4.69, 9.17) is 0 Å². The number of aliphatic hydroxyl groups is 1. The molecule has 0 aliphatic carbocycles. The normalized spacial score (nSPS) is 22.8. The molecule has 0 saturated carbocycles. The zero-order chi connectivity index (χ0) is 11.5. The van der Waals surface area contributed by atoms with Crippen LogP contribution in [0.5, 0.6) is 0 Å². The van der Waals surface area contributed by atoms with Gasteiger partial charge in [-0.1, -0.05) is 32.0 Å². The minimum Gasteiger partial charge on any atom is -0.393 e. The molecule has 1 nitrogen and oxygen atoms in total. The fourth-order valence-electron chi connectivity index (χ4n) is 2.36. The van der Waals surface area contributed by atoms with Crippen molar-refractivity contribution in [3.63, 3.8) is 0 Å². The molecule has 3 unspecified atom stereocenters. The van der Waals surface area contributed by atoms with E-state index < -0.39 is 0 Å². The number of hydrogen-bond acceptors (Lipinski definition) is 2. The van der Waals surface area contributed by atoms with Gasteiger partial charge in [-0.3, -0.25) is 0 Å². The van der Waals surface area contributed by atoms with E-state index in [9.17, 15) is 5.11 Å². The van der Waals surface area contributed by atoms with Gasteiger partial charge in [-0.25, -0.2) is 0 Å². The van der Waals surface area contributed by atoms with Crippen LogP contribution < -0.4 is 0 Å². The van der Waals surface area contributed by atoms with Crippen molar-refractivity contribution in [2.75, 3.05) is 0 Å². The summed E-state index contributed by atoms with van der Waals surface area (Å²) in [4.78, 5) is 1.44. The van der Waals surface area contributed by atoms with E-state index in [2.05, 4.69) is 38.1 Å². The fraction of sp³-hybridized carbons (Fsp3) is 0.571. The second-order valence-electron chi connectivity index (χ2n) is 4.74. The van der Waals surface area contributed by atoms with Gasteiger partial charge in [0.1, 0.15) is 0 Å². The van der Waals surface area contributed by atoms with Gasteiger partial charge in [0.25, 0.3) is 0 Å². The Morgan fingerprint density at radius 2 is 2.19 bits per heavy atom. The summed E-state index contributed by atoms with van der Waals surface area (Å²) in [6.07, 6.45) is 3.02. The predicted octanol–water partition coefficient (Wildman–Crippen LogP) is 3.50. The molecule has 0 aromatic heterocycles. The number of rotatable bonds is 4. The van der Waals surface area contributed by atoms with Crippen LogP contribution in [0.4, 0.5) is 0 Å². The van der Waals surface area contributed by atoms with Gasteiger partial charge in [0.15, 0.2) is 0 Å². The predicted molar refractivity (Wildman–Crippen MR) is 69.9 cm³/mol. The van der Waals surface area contributed by atoms with Crippen LogP contribution in [-0.2, 0) is 6.42 Å². The summed E-state index contributed by atoms with van der Waals surface area (Å²) in [7, 11) is 0. The zero-order valence-corrected chi connectivity index (χ0v) is 10.8. The fourth-order valence-corrected chi connectivity index (χ4v) is 3.84. The molecule has 0 bridgehead atoms. The number of aliphatic hydroxyl groups excluding tert-OH is 1. The summed E-state index contributed by atoms with van der Waals surface area (Å²) in [6, 6.07) is 8.66. The first-order valence-electron chi connectivity index (χ1n) is 6.13. The molecule has 16 heavy (non-hydrogen) atoms. The average Bonchev–Trinajstić information content (AvgIpc) is 2.69. The third-order valence-electron chi connectivity index (χ3n) is 3.42. The molecule has 1 aromatic rings. The van der Waals surface area contributed by atoms with Gasteiger partial charge in [-0.05, 0) is 36.8 Å². The highest BCUT2D eigenvalue weighted by Gasteiger charge is 2.25. The highest BCUT2D eigenvalue weighted by atomic mass is 32.2. The maximum atomic E-state index is 9.79. The smallest absolute Gasteiger partial charge is 0.0563 e. The molecule has 0 radical (unpaired) electrons. The molecule has 1 aromatic carbocycles. The molecule has 2 rings (SSSR count). The van der Waals surface area contributed by atoms with Gasteiger partial charge in [0.05, 0.1) is 6.10 Å². The third kappa shape index (κ3) is 2.61. The largest absolute Gasteiger partial charge is 0.393 e. The maximum absolute atomic E-state index is 9.79. The van der Waals surface area contributed by atoms with E-state index in [1.54, 1.807) is 0 Å². The van der Waals surface area contributed by atoms with Crippen LogP contribution in [0.2, 0.25) is 0 Å². The number of fused-ring (bicyclic) bond motifs is 1. The monoisotopic (exact) mass is 236 g/mol. The Bertz CT molecular complexity index is 325. The lowest BCUT2D eigenvalue weighted by Gasteiger charge is -2.20. The van der Waals surface area contributed by atoms with E-state index in [-0.39, 0.29) is 6.10 Å². The van der Waals surface area contributed by atoms with E-state index in [1.165, 1.54) is 16.9 Å². The lowest BCUT2D eigenvalue weighted by Crippen LogP contribution is -2.20. The average molecular weight is 236 g/mol. The molecule has 88 valence electrons. The second-order valence-corrected chi connectivity index (χ2v) is 6.08. The molecular formula is C14H20OS. The Kier molecular flexibility index (Phi) is 3.93. The van der Waals surface area contributed by atoms with Crippen molar-refractivity contribution in [3.8, 4) is 0 Å². The molecule has 3 atom stereocenters. The van der Waals surface area contributed by atoms with Gasteiger partial charge < -0.3 is 5.11 Å². The van der Waals surface area contributed by atoms with Gasteiger partial charge in [-0.15, -0.1) is 11.8 Å². The number of benzene rings is 1. The van der Waals surface area contributed by atoms with Crippen molar-refractivity contribution in [1.82, 2.24) is 0 Å². The standard InChI is InChI=1S/C14H20OS/c1-3-13(15)10(2)8-12-9-11-6-4-5-7-14(11)16-12/h4-7,10,12-13,15H,3,8-9H2,1-2H3. The van der Waals surface area contributed by atoms with Crippen molar-refractivity contribution in [1.29, 1.82) is 0 Å². The van der Waals surface area contributed by atoms with Crippen molar-refractivity contribution < 1.29 is 5.11 Å². The van der Waals surface area contributed by atoms with Crippen LogP contribution in [0.1, 0.15) is 32.3 Å². The molecule has 0 saturated heterocycles. The van der Waals surface area contributed by atoms with Gasteiger partial charge in [0, 0.05) is 10.1 Å². The summed E-state index contributed by atoms with van der Waals surface area (Å²) < 4.78 is 0. The number of thioether (sulfide) groups is 1. The van der Waals surface area contributed by atoms with Crippen LogP contribution in [0.25, 0.3) is 0 Å². The Labute approximate surface area is 102 Å². The molecule has 0 fully saturated rings. The van der Waals surface area contributed by atoms with Crippen molar-refractivity contribution in [2.24, 2.45) is 5.92 Å². The van der Waals surface area contributed by atoms with Crippen LogP contribution in [0, 0.1) is 5.92 Å². The Morgan fingerprint density at radius 1 is 1.44 bits per heavy atom. The SMILES string of the molecule is CCC(O)C(C)CC1Cc2ccccc2S1. The summed E-state index contributed by atoms with van der Waals surface area (Å²) in [5.41, 5.74) is 1.48. The van der Waals surface area contributed by atoms with Crippen LogP contribution >= 0.6 is 11.8 Å². The van der Waals surface area contributed by atoms with E-state index in [1.807, 2.05) is 11.8 Å². The lowest BCUT2D eigenvalue weighted by molar-refractivity contribution is 0.108. The molecule has 1 aliphatic heterocycles. The molecule has 0 spiro atoms. The second kappa shape index (κ2) is 5.24. The Balaban J connectivity index is 1.92. The first kappa shape index (κ1) is 12.0. The topological polar surface area (TPSA) is 20.2 Å². The summed E-state index contributed by atoms with van der Waals surface area (Å²) in [6.45, 7) is 4.22. The Morgan fingerprint density at radius 3 is 2.88 bits per heavy atom. The van der Waals surface area contributed by atoms with E-state index in [0.717, 1.165) is 12.8 Å². The highest BCUT2D eigenvalue weighted by Crippen LogP contribution is 2.39. The van der Waals surface area contributed by atoms with Crippen LogP contribution in [0.3, 0.4) is 0 Å². The summed E-state index contributed by atoms with van der Waals surface area (Å²) >= 11 is 1.98. The quantitative estimate of drug-likeness (QED) is 0.863. The number of hydrogen-bond donors (Lipinski definition) is 1. The molecule has 1 N–H and O–H groups in total. The van der Waals surface area contributed by atoms with Crippen molar-refractivity contribution >= 4 is 11.8 Å². The summed E-state index contributed by atoms with van der Waals surface area (Å²) in [5.74, 6) is 0.414. The molecule has 1 aliphatic rings. The maximum Gasteiger partial charge on any atom is 0.0563 e. The highest BCUT2D eigenvalue weighted by molar-refractivity contribution is 8.00. The van der Waals surface area contributed by atoms with Gasteiger partial charge in [0.2, 0.25) is 0 Å². The van der Waals surface area contributed by atoms with Gasteiger partial charge in [-0.2, -0.15) is 0 Å². The van der Waals surface area contributed by atoms with Crippen molar-refractivity contribution in [3.05, 3.63) is 29.8 Å². The van der Waals surface area contributed by atoms with Gasteiger partial charge >= 0.3 is 0 Å². The zero-order valence-electron chi connectivity index (χ0n) is 10.0. The van der Waals surface area contributed by atoms with Crippen molar-refractivity contribution in [2.45, 2.75) is 49.4 Å². The summed E-state index contributed by atoms with van der Waals surface area (Å²) in [5, 5.41) is 10.5. The lowest BCUT2D eigenvalue weighted by atomic mass is 9.95. The molecule has 2 heteroatoms. The minimum absolute atomic E-state index is 0.135. The van der Waals surface area contributed by atoms with E-state index in [0.29, 0.717) is 11.2 Å². The Hall–Kier alpha value is -0.470. The van der Waals surface area contributed by atoms with Crippen LogP contribution in [0.15, 0.2) is 29.2 Å². The first-order valence-corrected chi connectivity index (χ1v) is 7.01.